The van der Waals surface area contributed by atoms with E-state index in [-0.39, 0.29) is 24.3 Å². The third-order valence-electron chi connectivity index (χ3n) is 7.02. The van der Waals surface area contributed by atoms with Gasteiger partial charge in [-0.05, 0) is 67.7 Å². The third kappa shape index (κ3) is 6.94. The van der Waals surface area contributed by atoms with Gasteiger partial charge >= 0.3 is 0 Å². The first-order valence-corrected chi connectivity index (χ1v) is 14.2. The summed E-state index contributed by atoms with van der Waals surface area (Å²) < 4.78 is 0. The minimum Gasteiger partial charge on any atom is -0.345 e. The maximum Gasteiger partial charge on any atom is 0.282 e. The quantitative estimate of drug-likeness (QED) is 0.443. The summed E-state index contributed by atoms with van der Waals surface area (Å²) in [7, 11) is 0. The van der Waals surface area contributed by atoms with Gasteiger partial charge in [0.25, 0.3) is 5.91 Å². The normalized spacial score (nSPS) is 18.7. The molecule has 3 aromatic rings. The number of hydrogen-bond acceptors (Lipinski definition) is 6. The summed E-state index contributed by atoms with van der Waals surface area (Å²) in [6, 6.07) is 15.7. The lowest BCUT2D eigenvalue weighted by molar-refractivity contribution is -0.117. The van der Waals surface area contributed by atoms with Gasteiger partial charge in [-0.2, -0.15) is 0 Å². The predicted molar refractivity (Wildman–Crippen MR) is 147 cm³/mol. The summed E-state index contributed by atoms with van der Waals surface area (Å²) in [5.74, 6) is -0.255. The number of nitrogens with one attached hydrogen (secondary N) is 1. The van der Waals surface area contributed by atoms with Crippen LogP contribution < -0.4 is 10.2 Å². The van der Waals surface area contributed by atoms with Crippen molar-refractivity contribution < 1.29 is 9.59 Å². The van der Waals surface area contributed by atoms with Crippen LogP contribution in [0.2, 0.25) is 5.02 Å². The van der Waals surface area contributed by atoms with Gasteiger partial charge in [-0.25, -0.2) is 0 Å². The number of anilines is 1. The van der Waals surface area contributed by atoms with Crippen molar-refractivity contribution in [2.24, 2.45) is 0 Å². The van der Waals surface area contributed by atoms with Crippen molar-refractivity contribution in [2.75, 3.05) is 24.5 Å². The average molecular weight is 538 g/mol. The fraction of sp³-hybridized carbons (Fsp3) is 0.429. The lowest BCUT2D eigenvalue weighted by Crippen LogP contribution is -2.37. The van der Waals surface area contributed by atoms with Crippen LogP contribution in [0.15, 0.2) is 48.5 Å². The first-order chi connectivity index (χ1) is 18.0. The molecule has 1 N–H and O–H groups in total. The van der Waals surface area contributed by atoms with Gasteiger partial charge < -0.3 is 10.2 Å². The molecule has 0 bridgehead atoms. The fourth-order valence-electron chi connectivity index (χ4n) is 4.98. The Balaban J connectivity index is 1.12. The number of rotatable bonds is 8. The summed E-state index contributed by atoms with van der Waals surface area (Å²) in [6.07, 6.45) is 6.99. The summed E-state index contributed by atoms with van der Waals surface area (Å²) in [6.45, 7) is 3.73. The number of likely N-dealkylation sites (tertiary alicyclic amines) is 1. The number of amides is 2. The zero-order valence-corrected chi connectivity index (χ0v) is 22.4. The summed E-state index contributed by atoms with van der Waals surface area (Å²) >= 11 is 7.24. The molecule has 2 aliphatic heterocycles. The number of aryl methyl sites for hydroxylation is 2. The second-order valence-corrected chi connectivity index (χ2v) is 11.4. The summed E-state index contributed by atoms with van der Waals surface area (Å²) in [5.41, 5.74) is 3.30. The van der Waals surface area contributed by atoms with Crippen LogP contribution >= 0.6 is 22.9 Å². The van der Waals surface area contributed by atoms with Gasteiger partial charge in [0, 0.05) is 36.6 Å². The lowest BCUT2D eigenvalue weighted by atomic mass is 10.1. The third-order valence-corrected chi connectivity index (χ3v) is 8.25. The number of halogens is 1. The number of carbonyl (C=O) groups is 2. The van der Waals surface area contributed by atoms with E-state index in [1.165, 1.54) is 42.6 Å². The van der Waals surface area contributed by atoms with Gasteiger partial charge in [0.1, 0.15) is 5.01 Å². The molecule has 9 heteroatoms. The van der Waals surface area contributed by atoms with Crippen LogP contribution in [0.1, 0.15) is 58.0 Å². The monoisotopic (exact) mass is 537 g/mol. The van der Waals surface area contributed by atoms with Crippen molar-refractivity contribution in [3.8, 4) is 0 Å². The molecule has 2 aromatic carbocycles. The topological polar surface area (TPSA) is 78.4 Å². The molecule has 1 unspecified atom stereocenters. The Kier molecular flexibility index (Phi) is 8.48. The molecule has 0 radical (unpaired) electrons. The number of nitrogens with zero attached hydrogens (tertiary/aromatic N) is 4. The Labute approximate surface area is 226 Å². The highest BCUT2D eigenvalue weighted by Gasteiger charge is 2.32. The van der Waals surface area contributed by atoms with E-state index < -0.39 is 0 Å². The van der Waals surface area contributed by atoms with Crippen LogP contribution in [0.4, 0.5) is 5.69 Å². The second kappa shape index (κ2) is 12.2. The van der Waals surface area contributed by atoms with Crippen molar-refractivity contribution in [1.82, 2.24) is 20.4 Å². The molecule has 3 heterocycles. The van der Waals surface area contributed by atoms with E-state index >= 15 is 0 Å². The minimum atomic E-state index is -0.275. The van der Waals surface area contributed by atoms with E-state index in [2.05, 4.69) is 32.5 Å². The molecule has 0 saturated carbocycles. The number of hydrogen-bond donors (Lipinski definition) is 1. The molecule has 1 atom stereocenters. The second-order valence-electron chi connectivity index (χ2n) is 9.86. The lowest BCUT2D eigenvalue weighted by Gasteiger charge is -2.21. The molecular weight excluding hydrogens is 506 g/mol. The maximum atomic E-state index is 12.8. The smallest absolute Gasteiger partial charge is 0.282 e. The van der Waals surface area contributed by atoms with E-state index in [1.54, 1.807) is 4.90 Å². The Morgan fingerprint density at radius 1 is 0.946 bits per heavy atom. The first-order valence-electron chi connectivity index (χ1n) is 13.0. The van der Waals surface area contributed by atoms with Crippen molar-refractivity contribution in [2.45, 2.75) is 57.5 Å². The van der Waals surface area contributed by atoms with Crippen LogP contribution in [0.25, 0.3) is 0 Å². The predicted octanol–water partition coefficient (Wildman–Crippen LogP) is 4.89. The standard InChI is InChI=1S/C28H32ClN5O2S/c29-22-10-5-20(6-11-22)9-14-25-31-32-28(37-25)27(36)30-23-17-26(35)34(19-23)24-12-7-21(8-13-24)18-33-15-3-1-2-4-16-33/h5-8,10-13,23H,1-4,9,14-19H2,(H,30,36). The van der Waals surface area contributed by atoms with E-state index in [0.29, 0.717) is 23.0 Å². The van der Waals surface area contributed by atoms with Crippen molar-refractivity contribution in [3.05, 3.63) is 74.7 Å². The Hall–Kier alpha value is -2.81. The molecule has 37 heavy (non-hydrogen) atoms. The van der Waals surface area contributed by atoms with Crippen molar-refractivity contribution >= 4 is 40.4 Å². The summed E-state index contributed by atoms with van der Waals surface area (Å²) in [5, 5.41) is 13.1. The molecule has 194 valence electrons. The van der Waals surface area contributed by atoms with E-state index in [4.69, 9.17) is 11.6 Å². The zero-order chi connectivity index (χ0) is 25.6. The van der Waals surface area contributed by atoms with Gasteiger partial charge in [-0.1, -0.05) is 60.0 Å². The maximum absolute atomic E-state index is 12.8. The Morgan fingerprint density at radius 2 is 1.65 bits per heavy atom. The van der Waals surface area contributed by atoms with Crippen LogP contribution in [-0.2, 0) is 24.2 Å². The molecule has 2 amide bonds. The number of carbonyl (C=O) groups excluding carboxylic acids is 2. The molecule has 7 nitrogen and oxygen atoms in total. The summed E-state index contributed by atoms with van der Waals surface area (Å²) in [4.78, 5) is 29.8. The molecule has 1 aromatic heterocycles. The largest absolute Gasteiger partial charge is 0.345 e. The van der Waals surface area contributed by atoms with Crippen LogP contribution in [0.5, 0.6) is 0 Å². The van der Waals surface area contributed by atoms with Gasteiger partial charge in [-0.15, -0.1) is 10.2 Å². The molecule has 0 spiro atoms. The SMILES string of the molecule is O=C(NC1CC(=O)N(c2ccc(CN3CCCCCC3)cc2)C1)c1nnc(CCc2ccc(Cl)cc2)s1. The zero-order valence-electron chi connectivity index (χ0n) is 20.9. The minimum absolute atomic E-state index is 0.0199. The van der Waals surface area contributed by atoms with Gasteiger partial charge in [0.2, 0.25) is 10.9 Å². The van der Waals surface area contributed by atoms with Gasteiger partial charge in [-0.3, -0.25) is 14.5 Å². The molecule has 0 aliphatic carbocycles. The molecule has 2 fully saturated rings. The average Bonchev–Trinajstić information content (AvgIpc) is 3.43. The Bertz CT molecular complexity index is 1210. The highest BCUT2D eigenvalue weighted by molar-refractivity contribution is 7.13. The highest BCUT2D eigenvalue weighted by Crippen LogP contribution is 2.24. The molecular formula is C28H32ClN5O2S. The fourth-order valence-corrected chi connectivity index (χ4v) is 5.85. The highest BCUT2D eigenvalue weighted by atomic mass is 35.5. The van der Waals surface area contributed by atoms with Gasteiger partial charge in [0.15, 0.2) is 0 Å². The van der Waals surface area contributed by atoms with Crippen LogP contribution in [0, 0.1) is 0 Å². The van der Waals surface area contributed by atoms with Gasteiger partial charge in [0.05, 0.1) is 6.04 Å². The number of aromatic nitrogens is 2. The molecule has 2 saturated heterocycles. The number of benzene rings is 2. The Morgan fingerprint density at radius 3 is 2.38 bits per heavy atom. The molecule has 5 rings (SSSR count). The first kappa shape index (κ1) is 25.8. The van der Waals surface area contributed by atoms with E-state index in [1.807, 2.05) is 36.4 Å². The van der Waals surface area contributed by atoms with Crippen LogP contribution in [-0.4, -0.2) is 52.6 Å². The van der Waals surface area contributed by atoms with Crippen molar-refractivity contribution in [3.63, 3.8) is 0 Å². The molecule has 2 aliphatic rings. The van der Waals surface area contributed by atoms with E-state index in [0.717, 1.165) is 42.3 Å². The van der Waals surface area contributed by atoms with Crippen molar-refractivity contribution in [1.29, 1.82) is 0 Å². The van der Waals surface area contributed by atoms with Crippen LogP contribution in [0.3, 0.4) is 0 Å². The van der Waals surface area contributed by atoms with E-state index in [9.17, 15) is 9.59 Å².